The molecule has 0 unspecified atom stereocenters. The van der Waals surface area contributed by atoms with E-state index in [1.54, 1.807) is 0 Å². The first-order valence-electron chi connectivity index (χ1n) is 4.49. The van der Waals surface area contributed by atoms with E-state index < -0.39 is 0 Å². The van der Waals surface area contributed by atoms with Crippen molar-refractivity contribution in [1.29, 1.82) is 0 Å². The molecule has 0 fully saturated rings. The summed E-state index contributed by atoms with van der Waals surface area (Å²) in [6.07, 6.45) is 0. The minimum absolute atomic E-state index is 0.117. The Labute approximate surface area is 94.5 Å². The van der Waals surface area contributed by atoms with Gasteiger partial charge in [-0.15, -0.1) is 0 Å². The number of benzene rings is 1. The fraction of sp³-hybridized carbons (Fsp3) is 0.273. The van der Waals surface area contributed by atoms with E-state index in [4.69, 9.17) is 24.4 Å². The summed E-state index contributed by atoms with van der Waals surface area (Å²) in [5.41, 5.74) is 2.20. The largest absolute Gasteiger partial charge is 0.340 e. The molecule has 0 saturated heterocycles. The molecule has 0 saturated carbocycles. The molecule has 1 aromatic rings. The molecular weight excluding hydrogens is 210 g/mol. The fourth-order valence-electron chi connectivity index (χ4n) is 1.68. The Bertz CT molecular complexity index is 421. The second-order valence-electron chi connectivity index (χ2n) is 3.95. The highest BCUT2D eigenvalue weighted by atomic mass is 32.1. The highest BCUT2D eigenvalue weighted by Crippen LogP contribution is 2.31. The van der Waals surface area contributed by atoms with Crippen LogP contribution in [0.15, 0.2) is 24.3 Å². The van der Waals surface area contributed by atoms with Gasteiger partial charge in [-0.2, -0.15) is 0 Å². The Kier molecular flexibility index (Phi) is 2.16. The molecule has 2 rings (SSSR count). The molecule has 1 nitrogen and oxygen atoms in total. The predicted molar refractivity (Wildman–Crippen MR) is 66.9 cm³/mol. The normalized spacial score (nSPS) is 18.7. The van der Waals surface area contributed by atoms with E-state index in [1.807, 2.05) is 18.2 Å². The third kappa shape index (κ3) is 1.28. The van der Waals surface area contributed by atoms with Gasteiger partial charge in [0.1, 0.15) is 4.99 Å². The summed E-state index contributed by atoms with van der Waals surface area (Å²) in [6.45, 7) is 4.23. The lowest BCUT2D eigenvalue weighted by Gasteiger charge is -2.34. The van der Waals surface area contributed by atoms with Crippen molar-refractivity contribution in [2.75, 3.05) is 0 Å². The van der Waals surface area contributed by atoms with Gasteiger partial charge in [-0.3, -0.25) is 0 Å². The molecule has 0 bridgehead atoms. The first-order valence-corrected chi connectivity index (χ1v) is 5.30. The van der Waals surface area contributed by atoms with E-state index in [0.717, 1.165) is 15.5 Å². The van der Waals surface area contributed by atoms with E-state index >= 15 is 0 Å². The Morgan fingerprint density at radius 1 is 1.14 bits per heavy atom. The Balaban J connectivity index is 2.69. The molecule has 1 N–H and O–H groups in total. The van der Waals surface area contributed by atoms with Crippen molar-refractivity contribution in [2.45, 2.75) is 19.3 Å². The van der Waals surface area contributed by atoms with Crippen LogP contribution in [0, 0.1) is 0 Å². The number of hydrogen-bond donors (Lipinski definition) is 1. The van der Waals surface area contributed by atoms with E-state index in [1.165, 1.54) is 5.56 Å². The van der Waals surface area contributed by atoms with Gasteiger partial charge >= 0.3 is 0 Å². The predicted octanol–water partition coefficient (Wildman–Crippen LogP) is 2.57. The first kappa shape index (κ1) is 9.74. The SMILES string of the molecule is CC1(C)C(=S)NC(=S)c2ccccc21. The quantitative estimate of drug-likeness (QED) is 0.676. The number of fused-ring (bicyclic) bond motifs is 1. The molecule has 3 heteroatoms. The molecule has 0 aliphatic carbocycles. The van der Waals surface area contributed by atoms with Gasteiger partial charge in [-0.25, -0.2) is 0 Å². The molecule has 0 amide bonds. The average molecular weight is 221 g/mol. The molecule has 0 atom stereocenters. The van der Waals surface area contributed by atoms with Crippen LogP contribution in [0.3, 0.4) is 0 Å². The zero-order valence-corrected chi connectivity index (χ0v) is 9.76. The zero-order chi connectivity index (χ0) is 10.3. The fourth-order valence-corrected chi connectivity index (χ4v) is 2.23. The third-order valence-corrected chi connectivity index (χ3v) is 3.57. The summed E-state index contributed by atoms with van der Waals surface area (Å²) in [4.78, 5) is 1.55. The van der Waals surface area contributed by atoms with Crippen molar-refractivity contribution >= 4 is 34.4 Å². The molecule has 0 radical (unpaired) electrons. The van der Waals surface area contributed by atoms with Gasteiger partial charge in [0, 0.05) is 11.0 Å². The van der Waals surface area contributed by atoms with E-state index in [9.17, 15) is 0 Å². The lowest BCUT2D eigenvalue weighted by Crippen LogP contribution is -2.47. The van der Waals surface area contributed by atoms with Gasteiger partial charge < -0.3 is 5.32 Å². The monoisotopic (exact) mass is 221 g/mol. The first-order chi connectivity index (χ1) is 6.53. The van der Waals surface area contributed by atoms with E-state index in [0.29, 0.717) is 0 Å². The molecule has 1 aliphatic heterocycles. The van der Waals surface area contributed by atoms with Crippen molar-refractivity contribution in [3.8, 4) is 0 Å². The van der Waals surface area contributed by atoms with Crippen LogP contribution in [-0.2, 0) is 5.41 Å². The summed E-state index contributed by atoms with van der Waals surface area (Å²) in [5, 5.41) is 3.09. The summed E-state index contributed by atoms with van der Waals surface area (Å²) in [6, 6.07) is 8.15. The Hall–Kier alpha value is -0.800. The van der Waals surface area contributed by atoms with Crippen molar-refractivity contribution in [3.05, 3.63) is 35.4 Å². The maximum Gasteiger partial charge on any atom is 0.111 e. The number of hydrogen-bond acceptors (Lipinski definition) is 2. The van der Waals surface area contributed by atoms with Gasteiger partial charge in [-0.05, 0) is 19.4 Å². The van der Waals surface area contributed by atoms with Crippen molar-refractivity contribution in [2.24, 2.45) is 0 Å². The maximum atomic E-state index is 5.30. The van der Waals surface area contributed by atoms with Gasteiger partial charge in [0.25, 0.3) is 0 Å². The summed E-state index contributed by atoms with van der Waals surface area (Å²) in [5.74, 6) is 0. The molecule has 0 aromatic heterocycles. The molecule has 0 spiro atoms. The van der Waals surface area contributed by atoms with Crippen molar-refractivity contribution in [3.63, 3.8) is 0 Å². The molecule has 1 aliphatic rings. The summed E-state index contributed by atoms with van der Waals surface area (Å²) < 4.78 is 0. The lowest BCUT2D eigenvalue weighted by molar-refractivity contribution is 0.703. The third-order valence-electron chi connectivity index (χ3n) is 2.64. The van der Waals surface area contributed by atoms with Crippen LogP contribution in [0.4, 0.5) is 0 Å². The van der Waals surface area contributed by atoms with Crippen LogP contribution >= 0.6 is 24.4 Å². The van der Waals surface area contributed by atoms with Crippen LogP contribution in [0.5, 0.6) is 0 Å². The Morgan fingerprint density at radius 2 is 1.79 bits per heavy atom. The molecule has 14 heavy (non-hydrogen) atoms. The average Bonchev–Trinajstić information content (AvgIpc) is 2.16. The van der Waals surface area contributed by atoms with Crippen molar-refractivity contribution < 1.29 is 0 Å². The Morgan fingerprint density at radius 3 is 2.50 bits per heavy atom. The second kappa shape index (κ2) is 3.11. The van der Waals surface area contributed by atoms with Crippen LogP contribution < -0.4 is 5.32 Å². The lowest BCUT2D eigenvalue weighted by atomic mass is 9.79. The summed E-state index contributed by atoms with van der Waals surface area (Å²) in [7, 11) is 0. The van der Waals surface area contributed by atoms with Crippen LogP contribution in [0.1, 0.15) is 25.0 Å². The molecular formula is C11H11NS2. The molecule has 1 heterocycles. The molecule has 72 valence electrons. The minimum atomic E-state index is -0.117. The second-order valence-corrected chi connectivity index (χ2v) is 4.77. The van der Waals surface area contributed by atoms with E-state index in [2.05, 4.69) is 25.2 Å². The number of rotatable bonds is 0. The highest BCUT2D eigenvalue weighted by molar-refractivity contribution is 7.82. The minimum Gasteiger partial charge on any atom is -0.340 e. The number of thiocarbonyl (C=S) groups is 2. The van der Waals surface area contributed by atoms with Crippen LogP contribution in [0.25, 0.3) is 0 Å². The van der Waals surface area contributed by atoms with Gasteiger partial charge in [-0.1, -0.05) is 48.7 Å². The highest BCUT2D eigenvalue weighted by Gasteiger charge is 2.33. The maximum absolute atomic E-state index is 5.30. The van der Waals surface area contributed by atoms with Gasteiger partial charge in [0.15, 0.2) is 0 Å². The van der Waals surface area contributed by atoms with E-state index in [-0.39, 0.29) is 5.41 Å². The zero-order valence-electron chi connectivity index (χ0n) is 8.13. The smallest absolute Gasteiger partial charge is 0.111 e. The van der Waals surface area contributed by atoms with Gasteiger partial charge in [0.05, 0.1) is 4.99 Å². The number of nitrogens with one attached hydrogen (secondary N) is 1. The standard InChI is InChI=1S/C11H11NS2/c1-11(2)8-6-4-3-5-7(8)9(13)12-10(11)14/h3-6H,1-2H3,(H,12,13,14). The van der Waals surface area contributed by atoms with Crippen LogP contribution in [0.2, 0.25) is 0 Å². The molecule has 1 aromatic carbocycles. The van der Waals surface area contributed by atoms with Crippen molar-refractivity contribution in [1.82, 2.24) is 5.32 Å². The summed E-state index contributed by atoms with van der Waals surface area (Å²) >= 11 is 10.5. The topological polar surface area (TPSA) is 12.0 Å². The van der Waals surface area contributed by atoms with Crippen LogP contribution in [-0.4, -0.2) is 9.98 Å². The van der Waals surface area contributed by atoms with Gasteiger partial charge in [0.2, 0.25) is 0 Å².